The van der Waals surface area contributed by atoms with E-state index >= 15 is 0 Å². The van der Waals surface area contributed by atoms with Crippen molar-refractivity contribution in [1.29, 1.82) is 0 Å². The van der Waals surface area contributed by atoms with E-state index in [0.717, 1.165) is 16.7 Å². The van der Waals surface area contributed by atoms with Crippen molar-refractivity contribution in [3.63, 3.8) is 0 Å². The third-order valence-corrected chi connectivity index (χ3v) is 6.39. The lowest BCUT2D eigenvalue weighted by molar-refractivity contribution is 0.0698. The molecule has 0 radical (unpaired) electrons. The lowest BCUT2D eigenvalue weighted by atomic mass is 10.1. The Morgan fingerprint density at radius 2 is 1.91 bits per heavy atom. The monoisotopic (exact) mass is 522 g/mol. The van der Waals surface area contributed by atoms with Gasteiger partial charge < -0.3 is 15.3 Å². The molecule has 0 bridgehead atoms. The van der Waals surface area contributed by atoms with Gasteiger partial charge in [-0.15, -0.1) is 0 Å². The van der Waals surface area contributed by atoms with Crippen LogP contribution in [0.3, 0.4) is 0 Å². The van der Waals surface area contributed by atoms with E-state index in [1.807, 2.05) is 17.9 Å². The minimum absolute atomic E-state index is 0.154. The molecule has 2 aromatic carbocycles. The highest BCUT2D eigenvalue weighted by Gasteiger charge is 2.23. The highest BCUT2D eigenvalue weighted by molar-refractivity contribution is 9.10. The number of anilines is 2. The number of hydrogen-bond donors (Lipinski definition) is 2. The number of carbonyl (C=O) groups is 1. The predicted octanol–water partition coefficient (Wildman–Crippen LogP) is 4.99. The third-order valence-electron chi connectivity index (χ3n) is 5.95. The zero-order valence-electron chi connectivity index (χ0n) is 18.1. The number of aromatic nitrogens is 2. The van der Waals surface area contributed by atoms with Crippen LogP contribution in [-0.4, -0.2) is 20.5 Å². The number of halogens is 2. The number of pyridine rings is 1. The van der Waals surface area contributed by atoms with Crippen LogP contribution in [0.2, 0.25) is 0 Å². The fourth-order valence-corrected chi connectivity index (χ4v) is 4.74. The maximum atomic E-state index is 13.7. The second-order valence-corrected chi connectivity index (χ2v) is 9.16. The summed E-state index contributed by atoms with van der Waals surface area (Å²) in [5.41, 5.74) is 3.43. The molecule has 0 aliphatic carbocycles. The first-order valence-corrected chi connectivity index (χ1v) is 11.4. The van der Waals surface area contributed by atoms with Crippen molar-refractivity contribution in [2.45, 2.75) is 26.1 Å². The van der Waals surface area contributed by atoms with Crippen LogP contribution in [0.4, 0.5) is 15.9 Å². The highest BCUT2D eigenvalue weighted by Crippen LogP contribution is 2.30. The van der Waals surface area contributed by atoms with E-state index in [0.29, 0.717) is 34.7 Å². The number of rotatable bonds is 5. The number of nitrogens with one attached hydrogen (secondary N) is 1. The van der Waals surface area contributed by atoms with Crippen molar-refractivity contribution < 1.29 is 14.3 Å². The second kappa shape index (κ2) is 8.57. The first-order chi connectivity index (χ1) is 16.3. The number of carboxylic acids is 1. The molecule has 1 atom stereocenters. The van der Waals surface area contributed by atoms with Gasteiger partial charge in [0.25, 0.3) is 5.56 Å². The van der Waals surface area contributed by atoms with Crippen LogP contribution in [0, 0.1) is 5.82 Å². The van der Waals surface area contributed by atoms with E-state index < -0.39 is 5.97 Å². The Bertz CT molecular complexity index is 1500. The van der Waals surface area contributed by atoms with Crippen molar-refractivity contribution in [2.24, 2.45) is 0 Å². The molecule has 9 heteroatoms. The average molecular weight is 523 g/mol. The summed E-state index contributed by atoms with van der Waals surface area (Å²) in [5, 5.41) is 12.8. The molecule has 0 amide bonds. The number of hydrogen-bond acceptors (Lipinski definition) is 5. The van der Waals surface area contributed by atoms with Gasteiger partial charge in [-0.1, -0.05) is 18.2 Å². The lowest BCUT2D eigenvalue weighted by Gasteiger charge is -2.21. The van der Waals surface area contributed by atoms with E-state index in [9.17, 15) is 19.1 Å². The summed E-state index contributed by atoms with van der Waals surface area (Å²) >= 11 is 3.46. The fourth-order valence-electron chi connectivity index (χ4n) is 4.29. The van der Waals surface area contributed by atoms with Crippen LogP contribution in [-0.2, 0) is 13.1 Å². The quantitative estimate of drug-likeness (QED) is 0.384. The largest absolute Gasteiger partial charge is 0.478 e. The molecule has 0 saturated carbocycles. The molecule has 2 N–H and O–H groups in total. The van der Waals surface area contributed by atoms with Gasteiger partial charge in [0.2, 0.25) is 0 Å². The molecule has 1 aliphatic heterocycles. The van der Waals surface area contributed by atoms with Crippen LogP contribution in [0.1, 0.15) is 40.0 Å². The molecule has 5 rings (SSSR count). The standard InChI is InChI=1S/C25H20BrFN4O3/c1-14(28-21-5-3-2-4-19(21)25(33)34)20-9-17(26)13-31-23(32)10-22(29-24(20)31)30-11-15-6-7-18(27)8-16(15)12-30/h2-10,13-14,28H,11-12H2,1H3,(H,33,34)/t14-/m1/s1. The summed E-state index contributed by atoms with van der Waals surface area (Å²) in [5.74, 6) is -0.819. The van der Waals surface area contributed by atoms with Crippen LogP contribution in [0.5, 0.6) is 0 Å². The summed E-state index contributed by atoms with van der Waals surface area (Å²) in [6.07, 6.45) is 1.66. The number of fused-ring (bicyclic) bond motifs is 2. The summed E-state index contributed by atoms with van der Waals surface area (Å²) in [6, 6.07) is 14.3. The lowest BCUT2D eigenvalue weighted by Crippen LogP contribution is -2.23. The minimum Gasteiger partial charge on any atom is -0.478 e. The molecule has 3 heterocycles. The van der Waals surface area contributed by atoms with Crippen LogP contribution >= 0.6 is 15.9 Å². The second-order valence-electron chi connectivity index (χ2n) is 8.25. The van der Waals surface area contributed by atoms with Gasteiger partial charge in [-0.3, -0.25) is 9.20 Å². The number of aromatic carboxylic acids is 1. The summed E-state index contributed by atoms with van der Waals surface area (Å²) in [7, 11) is 0. The van der Waals surface area contributed by atoms with E-state index in [2.05, 4.69) is 21.2 Å². The SMILES string of the molecule is C[C@@H](Nc1ccccc1C(=O)O)c1cc(Br)cn2c(=O)cc(N3Cc4ccc(F)cc4C3)nc12. The topological polar surface area (TPSA) is 86.9 Å². The summed E-state index contributed by atoms with van der Waals surface area (Å²) in [6.45, 7) is 2.87. The van der Waals surface area contributed by atoms with Crippen molar-refractivity contribution in [1.82, 2.24) is 9.38 Å². The number of carboxylic acid groups (broad SMARTS) is 1. The van der Waals surface area contributed by atoms with Gasteiger partial charge >= 0.3 is 5.97 Å². The molecule has 0 spiro atoms. The van der Waals surface area contributed by atoms with Gasteiger partial charge in [-0.25, -0.2) is 14.2 Å². The third kappa shape index (κ3) is 4.03. The highest BCUT2D eigenvalue weighted by atomic mass is 79.9. The molecular formula is C25H20BrFN4O3. The molecular weight excluding hydrogens is 503 g/mol. The number of benzene rings is 2. The maximum Gasteiger partial charge on any atom is 0.337 e. The van der Waals surface area contributed by atoms with Gasteiger partial charge in [0, 0.05) is 41.1 Å². The van der Waals surface area contributed by atoms with E-state index in [1.54, 1.807) is 30.5 Å². The van der Waals surface area contributed by atoms with Gasteiger partial charge in [0.1, 0.15) is 17.3 Å². The zero-order valence-corrected chi connectivity index (χ0v) is 19.7. The zero-order chi connectivity index (χ0) is 24.0. The predicted molar refractivity (Wildman–Crippen MR) is 131 cm³/mol. The molecule has 0 fully saturated rings. The Balaban J connectivity index is 1.56. The Labute approximate surface area is 202 Å². The Morgan fingerprint density at radius 3 is 2.71 bits per heavy atom. The molecule has 0 saturated heterocycles. The van der Waals surface area contributed by atoms with Gasteiger partial charge in [0.05, 0.1) is 11.6 Å². The summed E-state index contributed by atoms with van der Waals surface area (Å²) in [4.78, 5) is 31.4. The van der Waals surface area contributed by atoms with Crippen LogP contribution < -0.4 is 15.8 Å². The average Bonchev–Trinajstić information content (AvgIpc) is 3.22. The normalized spacial score (nSPS) is 13.7. The van der Waals surface area contributed by atoms with E-state index in [1.165, 1.54) is 28.7 Å². The first-order valence-electron chi connectivity index (χ1n) is 10.6. The van der Waals surface area contributed by atoms with Crippen LogP contribution in [0.15, 0.2) is 70.1 Å². The minimum atomic E-state index is -1.03. The molecule has 0 unspecified atom stereocenters. The van der Waals surface area contributed by atoms with Crippen molar-refractivity contribution in [3.8, 4) is 0 Å². The van der Waals surface area contributed by atoms with Crippen LogP contribution in [0.25, 0.3) is 5.65 Å². The van der Waals surface area contributed by atoms with E-state index in [4.69, 9.17) is 4.98 Å². The Morgan fingerprint density at radius 1 is 1.15 bits per heavy atom. The molecule has 1 aliphatic rings. The molecule has 7 nitrogen and oxygen atoms in total. The molecule has 34 heavy (non-hydrogen) atoms. The van der Waals surface area contributed by atoms with E-state index in [-0.39, 0.29) is 23.0 Å². The summed E-state index contributed by atoms with van der Waals surface area (Å²) < 4.78 is 15.8. The number of nitrogens with zero attached hydrogens (tertiary/aromatic N) is 3. The Hall–Kier alpha value is -3.72. The van der Waals surface area contributed by atoms with Crippen molar-refractivity contribution >= 4 is 39.1 Å². The molecule has 172 valence electrons. The van der Waals surface area contributed by atoms with Crippen molar-refractivity contribution in [3.05, 3.63) is 104 Å². The smallest absolute Gasteiger partial charge is 0.337 e. The van der Waals surface area contributed by atoms with Gasteiger partial charge in [-0.2, -0.15) is 0 Å². The fraction of sp³-hybridized carbons (Fsp3) is 0.160. The maximum absolute atomic E-state index is 13.7. The number of para-hydroxylation sites is 1. The van der Waals surface area contributed by atoms with Crippen molar-refractivity contribution in [2.75, 3.05) is 10.2 Å². The van der Waals surface area contributed by atoms with Gasteiger partial charge in [-0.05, 0) is 64.3 Å². The van der Waals surface area contributed by atoms with Gasteiger partial charge in [0.15, 0.2) is 0 Å². The molecule has 2 aromatic heterocycles. The molecule has 4 aromatic rings. The Kier molecular flexibility index (Phi) is 5.57. The first kappa shape index (κ1) is 22.1.